The molecule has 0 aliphatic heterocycles. The first kappa shape index (κ1) is 15.7. The van der Waals surface area contributed by atoms with Gasteiger partial charge in [-0.3, -0.25) is 14.9 Å². The third-order valence-electron chi connectivity index (χ3n) is 2.64. The molecule has 1 rings (SSSR count). The Kier molecular flexibility index (Phi) is 6.05. The first-order valence-electron chi connectivity index (χ1n) is 5.79. The lowest BCUT2D eigenvalue weighted by Gasteiger charge is -2.15. The van der Waals surface area contributed by atoms with Crippen molar-refractivity contribution in [3.8, 4) is 0 Å². The Balaban J connectivity index is 2.90. The van der Waals surface area contributed by atoms with Crippen molar-refractivity contribution in [1.29, 1.82) is 0 Å². The summed E-state index contributed by atoms with van der Waals surface area (Å²) < 4.78 is 0. The van der Waals surface area contributed by atoms with E-state index in [0.29, 0.717) is 12.3 Å². The fourth-order valence-electron chi connectivity index (χ4n) is 1.59. The molecule has 1 unspecified atom stereocenters. The summed E-state index contributed by atoms with van der Waals surface area (Å²) in [7, 11) is 0. The van der Waals surface area contributed by atoms with Crippen LogP contribution in [0.15, 0.2) is 18.2 Å². The summed E-state index contributed by atoms with van der Waals surface area (Å²) in [5.74, 6) is 0.0525. The quantitative estimate of drug-likeness (QED) is 0.497. The normalized spacial score (nSPS) is 11.9. The van der Waals surface area contributed by atoms with E-state index in [1.54, 1.807) is 0 Å². The van der Waals surface area contributed by atoms with Crippen LogP contribution in [0, 0.1) is 10.1 Å². The first-order valence-corrected chi connectivity index (χ1v) is 6.71. The number of nitrogens with one attached hydrogen (secondary N) is 1. The number of hydrogen-bond acceptors (Lipinski definition) is 3. The number of nitro groups is 1. The van der Waals surface area contributed by atoms with E-state index >= 15 is 0 Å². The number of hydrogen-bond donors (Lipinski definition) is 1. The number of carbonyl (C=O) groups is 1. The molecule has 19 heavy (non-hydrogen) atoms. The van der Waals surface area contributed by atoms with Crippen molar-refractivity contribution in [3.63, 3.8) is 0 Å². The summed E-state index contributed by atoms with van der Waals surface area (Å²) in [6.07, 6.45) is 1.38. The Morgan fingerprint density at radius 1 is 1.47 bits per heavy atom. The molecule has 1 atom stereocenters. The number of benzene rings is 1. The van der Waals surface area contributed by atoms with E-state index < -0.39 is 4.92 Å². The van der Waals surface area contributed by atoms with E-state index in [0.717, 1.165) is 6.42 Å². The van der Waals surface area contributed by atoms with Crippen molar-refractivity contribution in [3.05, 3.63) is 38.9 Å². The molecule has 0 fully saturated rings. The van der Waals surface area contributed by atoms with Gasteiger partial charge in [-0.05, 0) is 18.9 Å². The molecule has 104 valence electrons. The maximum Gasteiger partial charge on any atom is 0.271 e. The van der Waals surface area contributed by atoms with Gasteiger partial charge in [-0.15, -0.1) is 11.6 Å². The summed E-state index contributed by atoms with van der Waals surface area (Å²) in [4.78, 5) is 22.1. The number of halogens is 2. The second-order valence-electron chi connectivity index (χ2n) is 4.01. The van der Waals surface area contributed by atoms with Gasteiger partial charge in [-0.25, -0.2) is 0 Å². The highest BCUT2D eigenvalue weighted by molar-refractivity contribution is 6.31. The Morgan fingerprint density at radius 3 is 2.68 bits per heavy atom. The van der Waals surface area contributed by atoms with Gasteiger partial charge in [-0.2, -0.15) is 0 Å². The van der Waals surface area contributed by atoms with E-state index in [1.807, 2.05) is 6.92 Å². The Hall–Kier alpha value is -1.33. The molecule has 0 heterocycles. The molecule has 0 bridgehead atoms. The van der Waals surface area contributed by atoms with Gasteiger partial charge in [0.25, 0.3) is 11.6 Å². The lowest BCUT2D eigenvalue weighted by atomic mass is 10.1. The zero-order chi connectivity index (χ0) is 14.4. The highest BCUT2D eigenvalue weighted by atomic mass is 35.5. The van der Waals surface area contributed by atoms with Gasteiger partial charge in [0.15, 0.2) is 0 Å². The lowest BCUT2D eigenvalue weighted by Crippen LogP contribution is -2.34. The van der Waals surface area contributed by atoms with E-state index in [9.17, 15) is 14.9 Å². The van der Waals surface area contributed by atoms with Crippen molar-refractivity contribution >= 4 is 34.8 Å². The van der Waals surface area contributed by atoms with Crippen molar-refractivity contribution in [2.75, 3.05) is 5.88 Å². The fourth-order valence-corrected chi connectivity index (χ4v) is 2.08. The zero-order valence-electron chi connectivity index (χ0n) is 10.4. The maximum absolute atomic E-state index is 12.0. The molecule has 1 aromatic rings. The monoisotopic (exact) mass is 304 g/mol. The molecular weight excluding hydrogens is 291 g/mol. The van der Waals surface area contributed by atoms with Gasteiger partial charge in [0.1, 0.15) is 0 Å². The van der Waals surface area contributed by atoms with Crippen LogP contribution < -0.4 is 5.32 Å². The average molecular weight is 305 g/mol. The second-order valence-corrected chi connectivity index (χ2v) is 4.83. The van der Waals surface area contributed by atoms with Gasteiger partial charge in [0.2, 0.25) is 0 Å². The molecule has 1 amide bonds. The largest absolute Gasteiger partial charge is 0.349 e. The van der Waals surface area contributed by atoms with Crippen LogP contribution in [-0.2, 0) is 0 Å². The summed E-state index contributed by atoms with van der Waals surface area (Å²) in [6.45, 7) is 1.93. The number of rotatable bonds is 6. The van der Waals surface area contributed by atoms with Gasteiger partial charge in [-0.1, -0.05) is 18.5 Å². The van der Waals surface area contributed by atoms with Crippen molar-refractivity contribution in [1.82, 2.24) is 5.32 Å². The number of carbonyl (C=O) groups excluding carboxylic acids is 1. The highest BCUT2D eigenvalue weighted by Crippen LogP contribution is 2.21. The average Bonchev–Trinajstić information content (AvgIpc) is 2.37. The molecule has 0 spiro atoms. The standard InChI is InChI=1S/C12H14Cl2N2O3/c1-2-10(3-4-13)15-12(17)8-5-9(14)7-11(6-8)16(18)19/h5-7,10H,2-4H2,1H3,(H,15,17). The van der Waals surface area contributed by atoms with Gasteiger partial charge in [0.05, 0.1) is 4.92 Å². The Morgan fingerprint density at radius 2 is 2.16 bits per heavy atom. The SMILES string of the molecule is CCC(CCCl)NC(=O)c1cc(Cl)cc([N+](=O)[O-])c1. The minimum atomic E-state index is -0.585. The molecule has 1 aromatic carbocycles. The van der Waals surface area contributed by atoms with Crippen LogP contribution in [-0.4, -0.2) is 22.8 Å². The van der Waals surface area contributed by atoms with E-state index in [4.69, 9.17) is 23.2 Å². The topological polar surface area (TPSA) is 72.2 Å². The van der Waals surface area contributed by atoms with Gasteiger partial charge in [0, 0.05) is 34.6 Å². The molecular formula is C12H14Cl2N2O3. The van der Waals surface area contributed by atoms with Crippen LogP contribution >= 0.6 is 23.2 Å². The second kappa shape index (κ2) is 7.31. The van der Waals surface area contributed by atoms with E-state index in [-0.39, 0.29) is 28.2 Å². The van der Waals surface area contributed by atoms with E-state index in [1.165, 1.54) is 18.2 Å². The molecule has 7 heteroatoms. The molecule has 1 N–H and O–H groups in total. The third-order valence-corrected chi connectivity index (χ3v) is 3.08. The maximum atomic E-state index is 12.0. The number of nitrogens with zero attached hydrogens (tertiary/aromatic N) is 1. The molecule has 0 aliphatic rings. The molecule has 0 saturated heterocycles. The predicted molar refractivity (Wildman–Crippen MR) is 75.0 cm³/mol. The minimum Gasteiger partial charge on any atom is -0.349 e. The number of alkyl halides is 1. The Labute approximate surface area is 121 Å². The zero-order valence-corrected chi connectivity index (χ0v) is 11.9. The van der Waals surface area contributed by atoms with E-state index in [2.05, 4.69) is 5.32 Å². The molecule has 0 radical (unpaired) electrons. The predicted octanol–water partition coefficient (Wildman–Crippen LogP) is 3.39. The van der Waals surface area contributed by atoms with Crippen molar-refractivity contribution in [2.45, 2.75) is 25.8 Å². The molecule has 5 nitrogen and oxygen atoms in total. The van der Waals surface area contributed by atoms with Gasteiger partial charge >= 0.3 is 0 Å². The fraction of sp³-hybridized carbons (Fsp3) is 0.417. The third kappa shape index (κ3) is 4.69. The molecule has 0 aliphatic carbocycles. The molecule has 0 aromatic heterocycles. The van der Waals surface area contributed by atoms with Crippen LogP contribution in [0.5, 0.6) is 0 Å². The summed E-state index contributed by atoms with van der Waals surface area (Å²) in [5, 5.41) is 13.6. The lowest BCUT2D eigenvalue weighted by molar-refractivity contribution is -0.384. The van der Waals surface area contributed by atoms with Gasteiger partial charge < -0.3 is 5.32 Å². The smallest absolute Gasteiger partial charge is 0.271 e. The first-order chi connectivity index (χ1) is 8.97. The number of nitro benzene ring substituents is 1. The van der Waals surface area contributed by atoms with Crippen molar-refractivity contribution in [2.24, 2.45) is 0 Å². The molecule has 0 saturated carbocycles. The minimum absolute atomic E-state index is 0.0527. The van der Waals surface area contributed by atoms with Crippen LogP contribution in [0.1, 0.15) is 30.1 Å². The summed E-state index contributed by atoms with van der Waals surface area (Å²) in [6, 6.07) is 3.75. The number of non-ortho nitro benzene ring substituents is 1. The van der Waals surface area contributed by atoms with Crippen LogP contribution in [0.2, 0.25) is 5.02 Å². The van der Waals surface area contributed by atoms with Crippen LogP contribution in [0.25, 0.3) is 0 Å². The van der Waals surface area contributed by atoms with Crippen molar-refractivity contribution < 1.29 is 9.72 Å². The summed E-state index contributed by atoms with van der Waals surface area (Å²) in [5.41, 5.74) is -0.0322. The summed E-state index contributed by atoms with van der Waals surface area (Å²) >= 11 is 11.4. The van der Waals surface area contributed by atoms with Crippen LogP contribution in [0.4, 0.5) is 5.69 Å². The Bertz CT molecular complexity index is 480. The highest BCUT2D eigenvalue weighted by Gasteiger charge is 2.16. The number of amides is 1. The van der Waals surface area contributed by atoms with Crippen LogP contribution in [0.3, 0.4) is 0 Å².